The van der Waals surface area contributed by atoms with Gasteiger partial charge in [-0.3, -0.25) is 0 Å². The third-order valence-electron chi connectivity index (χ3n) is 9.67. The first-order valence-electron chi connectivity index (χ1n) is 16.2. The zero-order valence-electron chi connectivity index (χ0n) is 26.6. The maximum atomic E-state index is 13.2. The van der Waals surface area contributed by atoms with Crippen LogP contribution in [-0.4, -0.2) is 47.7 Å². The summed E-state index contributed by atoms with van der Waals surface area (Å²) in [5, 5.41) is 4.26. The number of carbonyl (C=O) groups is 1. The van der Waals surface area contributed by atoms with Gasteiger partial charge in [0.1, 0.15) is 22.8 Å². The standard InChI is InChI=1S/C36H40F3N3O4/c1-34(2,3)45-33(43)42-15-12-25-19-27(11-10-26(25)22-42)41-16-13-35(14-17-41)20-23(21-35)18-29-31(40-46-32(29)24-8-9-24)28-6-4-5-7-30(28)44-36(37,38)39/h4-7,10-11,18-19,24H,8-9,12-17,20-22H2,1-3H3. The highest BCUT2D eigenvalue weighted by atomic mass is 19.4. The summed E-state index contributed by atoms with van der Waals surface area (Å²) in [5.74, 6) is 0.755. The summed E-state index contributed by atoms with van der Waals surface area (Å²) in [4.78, 5) is 16.8. The van der Waals surface area contributed by atoms with Crippen LogP contribution in [0, 0.1) is 5.41 Å². The van der Waals surface area contributed by atoms with Crippen molar-refractivity contribution in [1.82, 2.24) is 10.1 Å². The molecule has 0 atom stereocenters. The van der Waals surface area contributed by atoms with E-state index in [0.717, 1.165) is 69.4 Å². The summed E-state index contributed by atoms with van der Waals surface area (Å²) in [6.45, 7) is 8.84. The van der Waals surface area contributed by atoms with Crippen LogP contribution in [0.2, 0.25) is 0 Å². The summed E-state index contributed by atoms with van der Waals surface area (Å²) in [7, 11) is 0. The Balaban J connectivity index is 1.01. The number of amides is 1. The number of aromatic nitrogens is 1. The van der Waals surface area contributed by atoms with E-state index >= 15 is 0 Å². The van der Waals surface area contributed by atoms with Crippen LogP contribution in [0.1, 0.15) is 87.7 Å². The molecular formula is C36H40F3N3O4. The van der Waals surface area contributed by atoms with Crippen molar-refractivity contribution in [3.63, 3.8) is 0 Å². The fraction of sp³-hybridized carbons (Fsp3) is 0.500. The number of anilines is 1. The molecule has 0 radical (unpaired) electrons. The van der Waals surface area contributed by atoms with E-state index in [1.54, 1.807) is 17.0 Å². The summed E-state index contributed by atoms with van der Waals surface area (Å²) in [5.41, 5.74) is 6.22. The van der Waals surface area contributed by atoms with E-state index in [1.807, 2.05) is 20.8 Å². The quantitative estimate of drug-likeness (QED) is 0.279. The first-order valence-corrected chi connectivity index (χ1v) is 16.2. The molecule has 4 aliphatic rings. The molecule has 0 unspecified atom stereocenters. The van der Waals surface area contributed by atoms with Crippen molar-refractivity contribution in [2.45, 2.75) is 90.1 Å². The number of halogens is 3. The third-order valence-corrected chi connectivity index (χ3v) is 9.67. The molecule has 7 rings (SSSR count). The first kappa shape index (κ1) is 30.7. The SMILES string of the molecule is CC(C)(C)OC(=O)N1CCc2cc(N3CCC4(CC3)CC(=Cc3c(-c5ccccc5OC(F)(F)F)noc3C3CC3)C4)ccc2C1. The molecule has 2 saturated carbocycles. The first-order chi connectivity index (χ1) is 21.8. The van der Waals surface area contributed by atoms with E-state index in [9.17, 15) is 18.0 Å². The highest BCUT2D eigenvalue weighted by molar-refractivity contribution is 5.78. The van der Waals surface area contributed by atoms with Gasteiger partial charge >= 0.3 is 12.5 Å². The van der Waals surface area contributed by atoms with Crippen LogP contribution in [0.5, 0.6) is 5.75 Å². The Bertz CT molecular complexity index is 1650. The molecule has 2 aliphatic carbocycles. The molecule has 1 saturated heterocycles. The molecule has 2 aliphatic heterocycles. The maximum Gasteiger partial charge on any atom is 0.573 e. The van der Waals surface area contributed by atoms with Crippen molar-refractivity contribution < 1.29 is 32.0 Å². The molecule has 244 valence electrons. The van der Waals surface area contributed by atoms with Gasteiger partial charge in [-0.05, 0) is 113 Å². The molecule has 3 heterocycles. The van der Waals surface area contributed by atoms with Crippen LogP contribution in [0.15, 0.2) is 52.6 Å². The van der Waals surface area contributed by atoms with Gasteiger partial charge in [-0.15, -0.1) is 13.2 Å². The maximum absolute atomic E-state index is 13.2. The number of rotatable bonds is 5. The average Bonchev–Trinajstić information content (AvgIpc) is 3.74. The van der Waals surface area contributed by atoms with Gasteiger partial charge in [-0.2, -0.15) is 0 Å². The number of para-hydroxylation sites is 1. The highest BCUT2D eigenvalue weighted by Gasteiger charge is 2.44. The van der Waals surface area contributed by atoms with Crippen LogP contribution in [0.4, 0.5) is 23.7 Å². The second-order valence-corrected chi connectivity index (χ2v) is 14.4. The molecule has 3 fully saturated rings. The minimum absolute atomic E-state index is 0.249. The van der Waals surface area contributed by atoms with Crippen LogP contribution >= 0.6 is 0 Å². The number of fused-ring (bicyclic) bond motifs is 1. The molecule has 0 N–H and O–H groups in total. The number of benzene rings is 2. The Labute approximate surface area is 267 Å². The number of nitrogens with zero attached hydrogens (tertiary/aromatic N) is 3. The molecule has 7 nitrogen and oxygen atoms in total. The van der Waals surface area contributed by atoms with Gasteiger partial charge in [0.2, 0.25) is 0 Å². The van der Waals surface area contributed by atoms with Crippen LogP contribution < -0.4 is 9.64 Å². The lowest BCUT2D eigenvalue weighted by Gasteiger charge is -2.50. The normalized spacial score (nSPS) is 19.5. The molecule has 10 heteroatoms. The number of piperidine rings is 1. The van der Waals surface area contributed by atoms with Crippen LogP contribution in [0.25, 0.3) is 17.3 Å². The Morgan fingerprint density at radius 1 is 1.02 bits per heavy atom. The smallest absolute Gasteiger partial charge is 0.444 e. The van der Waals surface area contributed by atoms with Gasteiger partial charge in [-0.25, -0.2) is 4.79 Å². The number of alkyl halides is 3. The summed E-state index contributed by atoms with van der Waals surface area (Å²) >= 11 is 0. The molecule has 46 heavy (non-hydrogen) atoms. The van der Waals surface area contributed by atoms with E-state index in [4.69, 9.17) is 9.26 Å². The Morgan fingerprint density at radius 3 is 2.46 bits per heavy atom. The number of carbonyl (C=O) groups excluding carboxylic acids is 1. The second-order valence-electron chi connectivity index (χ2n) is 14.4. The van der Waals surface area contributed by atoms with Crippen molar-refractivity contribution in [3.8, 4) is 17.0 Å². The lowest BCUT2D eigenvalue weighted by molar-refractivity contribution is -0.274. The topological polar surface area (TPSA) is 68.0 Å². The fourth-order valence-electron chi connectivity index (χ4n) is 7.19. The summed E-state index contributed by atoms with van der Waals surface area (Å²) in [6, 6.07) is 12.8. The van der Waals surface area contributed by atoms with Crippen molar-refractivity contribution in [2.24, 2.45) is 5.41 Å². The van der Waals surface area contributed by atoms with Gasteiger partial charge in [0.25, 0.3) is 0 Å². The highest BCUT2D eigenvalue weighted by Crippen LogP contribution is 2.54. The van der Waals surface area contributed by atoms with E-state index in [2.05, 4.69) is 39.1 Å². The molecular weight excluding hydrogens is 595 g/mol. The molecule has 1 aromatic heterocycles. The molecule has 0 bridgehead atoms. The van der Waals surface area contributed by atoms with Gasteiger partial charge in [0.05, 0.1) is 0 Å². The minimum atomic E-state index is -4.80. The van der Waals surface area contributed by atoms with E-state index in [1.165, 1.54) is 34.5 Å². The zero-order valence-corrected chi connectivity index (χ0v) is 26.6. The molecule has 2 aromatic carbocycles. The van der Waals surface area contributed by atoms with Crippen molar-refractivity contribution in [3.05, 3.63) is 70.5 Å². The largest absolute Gasteiger partial charge is 0.573 e. The number of hydrogen-bond acceptors (Lipinski definition) is 6. The van der Waals surface area contributed by atoms with E-state index < -0.39 is 12.0 Å². The van der Waals surface area contributed by atoms with Crippen LogP contribution in [0.3, 0.4) is 0 Å². The third kappa shape index (κ3) is 6.48. The van der Waals surface area contributed by atoms with Crippen molar-refractivity contribution >= 4 is 17.9 Å². The second kappa shape index (κ2) is 11.4. The fourth-order valence-corrected chi connectivity index (χ4v) is 7.19. The number of allylic oxidation sites excluding steroid dienone is 1. The number of ether oxygens (including phenoxy) is 2. The van der Waals surface area contributed by atoms with Crippen LogP contribution in [-0.2, 0) is 17.7 Å². The molecule has 1 amide bonds. The minimum Gasteiger partial charge on any atom is -0.444 e. The predicted octanol–water partition coefficient (Wildman–Crippen LogP) is 8.87. The average molecular weight is 636 g/mol. The zero-order chi connectivity index (χ0) is 32.3. The lowest BCUT2D eigenvalue weighted by atomic mass is 9.60. The van der Waals surface area contributed by atoms with Gasteiger partial charge < -0.3 is 23.8 Å². The summed E-state index contributed by atoms with van der Waals surface area (Å²) < 4.78 is 55.1. The van der Waals surface area contributed by atoms with Crippen molar-refractivity contribution in [2.75, 3.05) is 24.5 Å². The molecule has 1 spiro atoms. The molecule has 3 aromatic rings. The Hall–Kier alpha value is -3.95. The Morgan fingerprint density at radius 2 is 1.76 bits per heavy atom. The number of hydrogen-bond donors (Lipinski definition) is 0. The summed E-state index contributed by atoms with van der Waals surface area (Å²) in [6.07, 6.45) is 3.98. The van der Waals surface area contributed by atoms with E-state index in [0.29, 0.717) is 18.8 Å². The van der Waals surface area contributed by atoms with Gasteiger partial charge in [-0.1, -0.05) is 28.9 Å². The van der Waals surface area contributed by atoms with Crippen molar-refractivity contribution in [1.29, 1.82) is 0 Å². The monoisotopic (exact) mass is 635 g/mol. The van der Waals surface area contributed by atoms with Gasteiger partial charge in [0.15, 0.2) is 0 Å². The predicted molar refractivity (Wildman–Crippen MR) is 168 cm³/mol. The van der Waals surface area contributed by atoms with E-state index in [-0.39, 0.29) is 28.7 Å². The lowest BCUT2D eigenvalue weighted by Crippen LogP contribution is -2.44. The Kier molecular flexibility index (Phi) is 7.60. The van der Waals surface area contributed by atoms with Gasteiger partial charge in [0, 0.05) is 48.9 Å².